The average molecular weight is 268 g/mol. The van der Waals surface area contributed by atoms with Gasteiger partial charge in [-0.1, -0.05) is 28.9 Å². The zero-order valence-electron chi connectivity index (χ0n) is 9.98. The lowest BCUT2D eigenvalue weighted by Gasteiger charge is -2.06. The number of para-hydroxylation sites is 1. The van der Waals surface area contributed by atoms with Crippen molar-refractivity contribution >= 4 is 11.6 Å². The molecule has 96 valence electrons. The Labute approximate surface area is 110 Å². The number of phenols is 1. The lowest BCUT2D eigenvalue weighted by Crippen LogP contribution is -2.17. The summed E-state index contributed by atoms with van der Waals surface area (Å²) in [5.74, 6) is 1.37. The molecule has 0 radical (unpaired) electrons. The van der Waals surface area contributed by atoms with Crippen molar-refractivity contribution in [3.05, 3.63) is 40.5 Å². The molecule has 2 aromatic rings. The standard InChI is InChI=1S/C12H14ClN3O2/c1-8-15-11(16-18-8)5-6-14-7-9-3-2-4-10(13)12(9)17/h2-4,14,17H,5-7H2,1H3. The highest BCUT2D eigenvalue weighted by atomic mass is 35.5. The van der Waals surface area contributed by atoms with Crippen molar-refractivity contribution in [1.82, 2.24) is 15.5 Å². The van der Waals surface area contributed by atoms with Gasteiger partial charge in [0.05, 0.1) is 5.02 Å². The maximum absolute atomic E-state index is 9.71. The first kappa shape index (κ1) is 12.9. The van der Waals surface area contributed by atoms with Crippen LogP contribution in [0.2, 0.25) is 5.02 Å². The van der Waals surface area contributed by atoms with Crippen LogP contribution in [0, 0.1) is 6.92 Å². The molecule has 5 nitrogen and oxygen atoms in total. The number of aromatic nitrogens is 2. The molecule has 0 amide bonds. The predicted molar refractivity (Wildman–Crippen MR) is 67.6 cm³/mol. The number of nitrogens with one attached hydrogen (secondary N) is 1. The van der Waals surface area contributed by atoms with Gasteiger partial charge in [-0.05, 0) is 6.07 Å². The van der Waals surface area contributed by atoms with E-state index in [2.05, 4.69) is 15.5 Å². The fourth-order valence-electron chi connectivity index (χ4n) is 1.57. The summed E-state index contributed by atoms with van der Waals surface area (Å²) >= 11 is 5.82. The molecule has 0 unspecified atom stereocenters. The molecule has 1 aromatic carbocycles. The second-order valence-corrected chi connectivity index (χ2v) is 4.31. The molecule has 0 bridgehead atoms. The van der Waals surface area contributed by atoms with Gasteiger partial charge in [0.25, 0.3) is 0 Å². The van der Waals surface area contributed by atoms with Crippen LogP contribution in [-0.2, 0) is 13.0 Å². The van der Waals surface area contributed by atoms with E-state index in [1.54, 1.807) is 13.0 Å². The summed E-state index contributed by atoms with van der Waals surface area (Å²) in [6, 6.07) is 5.29. The highest BCUT2D eigenvalue weighted by Gasteiger charge is 2.05. The fraction of sp³-hybridized carbons (Fsp3) is 0.333. The molecule has 1 aromatic heterocycles. The van der Waals surface area contributed by atoms with Crippen LogP contribution >= 0.6 is 11.6 Å². The number of phenolic OH excluding ortho intramolecular Hbond substituents is 1. The van der Waals surface area contributed by atoms with Crippen LogP contribution in [0.5, 0.6) is 5.75 Å². The van der Waals surface area contributed by atoms with Crippen molar-refractivity contribution < 1.29 is 9.63 Å². The average Bonchev–Trinajstić information content (AvgIpc) is 2.76. The van der Waals surface area contributed by atoms with E-state index in [0.717, 1.165) is 5.56 Å². The molecule has 0 aliphatic carbocycles. The lowest BCUT2D eigenvalue weighted by molar-refractivity contribution is 0.387. The second kappa shape index (κ2) is 5.84. The van der Waals surface area contributed by atoms with Gasteiger partial charge in [0.1, 0.15) is 5.75 Å². The maximum atomic E-state index is 9.71. The first-order valence-electron chi connectivity index (χ1n) is 5.63. The number of aromatic hydroxyl groups is 1. The van der Waals surface area contributed by atoms with Gasteiger partial charge in [0.15, 0.2) is 5.82 Å². The van der Waals surface area contributed by atoms with Gasteiger partial charge in [0.2, 0.25) is 5.89 Å². The first-order chi connectivity index (χ1) is 8.66. The second-order valence-electron chi connectivity index (χ2n) is 3.90. The Morgan fingerprint density at radius 1 is 1.44 bits per heavy atom. The predicted octanol–water partition coefficient (Wildman–Crippen LogP) is 2.07. The molecular weight excluding hydrogens is 254 g/mol. The molecule has 0 saturated carbocycles. The maximum Gasteiger partial charge on any atom is 0.223 e. The summed E-state index contributed by atoms with van der Waals surface area (Å²) in [4.78, 5) is 4.10. The summed E-state index contributed by atoms with van der Waals surface area (Å²) in [6.45, 7) is 3.00. The fourth-order valence-corrected chi connectivity index (χ4v) is 1.76. The highest BCUT2D eigenvalue weighted by Crippen LogP contribution is 2.26. The van der Waals surface area contributed by atoms with Crippen LogP contribution in [-0.4, -0.2) is 21.8 Å². The zero-order chi connectivity index (χ0) is 13.0. The Balaban J connectivity index is 1.80. The summed E-state index contributed by atoms with van der Waals surface area (Å²) in [6.07, 6.45) is 0.679. The van der Waals surface area contributed by atoms with E-state index < -0.39 is 0 Å². The largest absolute Gasteiger partial charge is 0.506 e. The van der Waals surface area contributed by atoms with Crippen LogP contribution in [0.4, 0.5) is 0 Å². The third-order valence-corrected chi connectivity index (χ3v) is 2.79. The first-order valence-corrected chi connectivity index (χ1v) is 6.01. The summed E-state index contributed by atoms with van der Waals surface area (Å²) < 4.78 is 4.87. The van der Waals surface area contributed by atoms with Gasteiger partial charge in [-0.2, -0.15) is 4.98 Å². The molecule has 0 fully saturated rings. The minimum atomic E-state index is 0.127. The molecule has 0 atom stereocenters. The molecule has 2 rings (SSSR count). The van der Waals surface area contributed by atoms with Gasteiger partial charge < -0.3 is 14.9 Å². The van der Waals surface area contributed by atoms with Crippen molar-refractivity contribution in [3.8, 4) is 5.75 Å². The number of hydrogen-bond acceptors (Lipinski definition) is 5. The van der Waals surface area contributed by atoms with Crippen LogP contribution in [0.3, 0.4) is 0 Å². The van der Waals surface area contributed by atoms with Crippen LogP contribution in [0.25, 0.3) is 0 Å². The molecule has 0 spiro atoms. The van der Waals surface area contributed by atoms with Crippen molar-refractivity contribution in [2.75, 3.05) is 6.54 Å². The Kier molecular flexibility index (Phi) is 4.17. The van der Waals surface area contributed by atoms with Crippen molar-refractivity contribution in [1.29, 1.82) is 0 Å². The lowest BCUT2D eigenvalue weighted by atomic mass is 10.2. The van der Waals surface area contributed by atoms with E-state index in [1.807, 2.05) is 12.1 Å². The monoisotopic (exact) mass is 267 g/mol. The van der Waals surface area contributed by atoms with Gasteiger partial charge in [-0.25, -0.2) is 0 Å². The molecule has 1 heterocycles. The Hall–Kier alpha value is -1.59. The zero-order valence-corrected chi connectivity index (χ0v) is 10.7. The van der Waals surface area contributed by atoms with E-state index in [1.165, 1.54) is 0 Å². The van der Waals surface area contributed by atoms with Gasteiger partial charge in [-0.15, -0.1) is 0 Å². The van der Waals surface area contributed by atoms with Crippen LogP contribution < -0.4 is 5.32 Å². The minimum Gasteiger partial charge on any atom is -0.506 e. The number of rotatable bonds is 5. The molecule has 0 saturated heterocycles. The summed E-state index contributed by atoms with van der Waals surface area (Å²) in [5.41, 5.74) is 0.770. The third kappa shape index (κ3) is 3.21. The van der Waals surface area contributed by atoms with E-state index >= 15 is 0 Å². The quantitative estimate of drug-likeness (QED) is 0.812. The smallest absolute Gasteiger partial charge is 0.223 e. The summed E-state index contributed by atoms with van der Waals surface area (Å²) in [7, 11) is 0. The van der Waals surface area contributed by atoms with Crippen molar-refractivity contribution in [2.45, 2.75) is 19.9 Å². The molecule has 6 heteroatoms. The molecule has 0 aliphatic heterocycles. The van der Waals surface area contributed by atoms with Gasteiger partial charge in [-0.3, -0.25) is 0 Å². The molecule has 18 heavy (non-hydrogen) atoms. The number of benzene rings is 1. The summed E-state index contributed by atoms with van der Waals surface area (Å²) in [5, 5.41) is 17.1. The topological polar surface area (TPSA) is 71.2 Å². The highest BCUT2D eigenvalue weighted by molar-refractivity contribution is 6.32. The number of aryl methyl sites for hydroxylation is 1. The van der Waals surface area contributed by atoms with E-state index in [-0.39, 0.29) is 5.75 Å². The minimum absolute atomic E-state index is 0.127. The van der Waals surface area contributed by atoms with E-state index in [9.17, 15) is 5.11 Å². The van der Waals surface area contributed by atoms with Gasteiger partial charge >= 0.3 is 0 Å². The van der Waals surface area contributed by atoms with Crippen molar-refractivity contribution in [3.63, 3.8) is 0 Å². The Morgan fingerprint density at radius 3 is 3.00 bits per heavy atom. The van der Waals surface area contributed by atoms with Crippen LogP contribution in [0.1, 0.15) is 17.3 Å². The van der Waals surface area contributed by atoms with E-state index in [4.69, 9.17) is 16.1 Å². The molecule has 2 N–H and O–H groups in total. The normalized spacial score (nSPS) is 10.8. The Bertz CT molecular complexity index is 528. The van der Waals surface area contributed by atoms with Gasteiger partial charge in [0, 0.05) is 32.0 Å². The number of nitrogens with zero attached hydrogens (tertiary/aromatic N) is 2. The van der Waals surface area contributed by atoms with Crippen LogP contribution in [0.15, 0.2) is 22.7 Å². The molecule has 0 aliphatic rings. The third-order valence-electron chi connectivity index (χ3n) is 2.48. The van der Waals surface area contributed by atoms with Crippen molar-refractivity contribution in [2.24, 2.45) is 0 Å². The SMILES string of the molecule is Cc1nc(CCNCc2cccc(Cl)c2O)no1. The Morgan fingerprint density at radius 2 is 2.28 bits per heavy atom. The molecular formula is C12H14ClN3O2. The number of hydrogen-bond donors (Lipinski definition) is 2. The van der Waals surface area contributed by atoms with E-state index in [0.29, 0.717) is 36.2 Å². The number of halogens is 1.